The van der Waals surface area contributed by atoms with Crippen molar-refractivity contribution < 1.29 is 77.6 Å². The van der Waals surface area contributed by atoms with Crippen LogP contribution in [0.1, 0.15) is 34.1 Å². The van der Waals surface area contributed by atoms with Gasteiger partial charge < -0.3 is 4.52 Å². The van der Waals surface area contributed by atoms with Crippen molar-refractivity contribution in [1.82, 2.24) is 0 Å². The van der Waals surface area contributed by atoms with Gasteiger partial charge in [-0.2, -0.15) is 33.7 Å². The molecule has 3 heterocycles. The second-order valence-electron chi connectivity index (χ2n) is 10.8. The van der Waals surface area contributed by atoms with Gasteiger partial charge in [0.15, 0.2) is 5.90 Å². The average molecular weight is 729 g/mol. The highest BCUT2D eigenvalue weighted by Gasteiger charge is 2.55. The van der Waals surface area contributed by atoms with E-state index in [1.165, 1.54) is 20.8 Å². The highest BCUT2D eigenvalue weighted by atomic mass is 32.2. The Balaban J connectivity index is 1.97. The van der Waals surface area contributed by atoms with E-state index in [4.69, 9.17) is 30.6 Å². The van der Waals surface area contributed by atoms with E-state index < -0.39 is 128 Å². The Morgan fingerprint density at radius 1 is 0.690 bits per heavy atom. The molecule has 4 atom stereocenters. The van der Waals surface area contributed by atoms with Crippen LogP contribution in [0.15, 0.2) is 0 Å². The van der Waals surface area contributed by atoms with E-state index in [9.17, 15) is 42.8 Å². The summed E-state index contributed by atoms with van der Waals surface area (Å²) in [6.07, 6.45) is 0.364. The van der Waals surface area contributed by atoms with Gasteiger partial charge in [0.1, 0.15) is 34.1 Å². The van der Waals surface area contributed by atoms with Gasteiger partial charge in [0.25, 0.3) is 40.5 Å². The molecular weight excluding hydrogens is 694 g/mol. The molecule has 42 heavy (non-hydrogen) atoms. The van der Waals surface area contributed by atoms with E-state index in [-0.39, 0.29) is 6.61 Å². The molecule has 3 saturated heterocycles. The van der Waals surface area contributed by atoms with Crippen molar-refractivity contribution in [3.8, 4) is 0 Å². The quantitative estimate of drug-likeness (QED) is 0.165. The van der Waals surface area contributed by atoms with Crippen molar-refractivity contribution in [1.29, 1.82) is 0 Å². The molecule has 0 aromatic rings. The summed E-state index contributed by atoms with van der Waals surface area (Å²) in [6.45, 7) is 2.32. The highest BCUT2D eigenvalue weighted by molar-refractivity contribution is 7.87. The summed E-state index contributed by atoms with van der Waals surface area (Å²) >= 11 is 0. The predicted molar refractivity (Wildman–Crippen MR) is 144 cm³/mol. The van der Waals surface area contributed by atoms with Crippen molar-refractivity contribution in [2.24, 2.45) is 0 Å². The van der Waals surface area contributed by atoms with Crippen molar-refractivity contribution in [3.05, 3.63) is 0 Å². The van der Waals surface area contributed by atoms with Crippen molar-refractivity contribution >= 4 is 55.7 Å². The molecule has 0 N–H and O–H groups in total. The van der Waals surface area contributed by atoms with Crippen molar-refractivity contribution in [3.63, 3.8) is 0 Å². The van der Waals surface area contributed by atoms with E-state index in [1.807, 2.05) is 0 Å². The molecule has 0 saturated carbocycles. The smallest absolute Gasteiger partial charge is 0.307 e. The van der Waals surface area contributed by atoms with Crippen LogP contribution in [0.25, 0.3) is 0 Å². The van der Waals surface area contributed by atoms with Gasteiger partial charge in [0.05, 0.1) is 38.8 Å². The van der Waals surface area contributed by atoms with Crippen LogP contribution < -0.4 is 0 Å². The molecule has 0 spiro atoms. The Morgan fingerprint density at radius 2 is 1.07 bits per heavy atom. The Kier molecular flexibility index (Phi) is 10.6. The van der Waals surface area contributed by atoms with E-state index in [0.717, 1.165) is 0 Å². The first kappa shape index (κ1) is 36.4. The normalized spacial score (nSPS) is 35.0. The molecule has 18 nitrogen and oxygen atoms in total. The van der Waals surface area contributed by atoms with Gasteiger partial charge >= 0.3 is 15.2 Å². The summed E-state index contributed by atoms with van der Waals surface area (Å²) < 4.78 is 165. The fourth-order valence-corrected chi connectivity index (χ4v) is 15.1. The fourth-order valence-electron chi connectivity index (χ4n) is 4.11. The molecule has 0 bridgehead atoms. The second-order valence-corrected chi connectivity index (χ2v) is 21.9. The molecule has 0 aromatic carbocycles. The van der Waals surface area contributed by atoms with Crippen LogP contribution in [-0.4, -0.2) is 112 Å². The van der Waals surface area contributed by atoms with Gasteiger partial charge in [-0.25, -0.2) is 0 Å². The number of hydrogen-bond acceptors (Lipinski definition) is 18. The molecule has 3 aliphatic rings. The molecule has 24 heteroatoms. The van der Waals surface area contributed by atoms with E-state index in [0.29, 0.717) is 6.42 Å². The Bertz CT molecular complexity index is 1500. The largest absolute Gasteiger partial charge is 0.344 e. The zero-order chi connectivity index (χ0) is 31.9. The van der Waals surface area contributed by atoms with Crippen LogP contribution in [0.5, 0.6) is 0 Å². The third-order valence-electron chi connectivity index (χ3n) is 5.59. The summed E-state index contributed by atoms with van der Waals surface area (Å²) in [7, 11) is -26.4. The first-order chi connectivity index (χ1) is 18.8. The monoisotopic (exact) mass is 728 g/mol. The third-order valence-corrected chi connectivity index (χ3v) is 16.6. The zero-order valence-corrected chi connectivity index (χ0v) is 28.2. The van der Waals surface area contributed by atoms with Crippen LogP contribution in [0.3, 0.4) is 0 Å². The second kappa shape index (κ2) is 12.3. The van der Waals surface area contributed by atoms with Crippen LogP contribution in [0.2, 0.25) is 0 Å². The standard InChI is InChI=1S/C18H34O18P2S4/c1-5-6-30-39(21,22)8-7-29-37(19,34-16(2)9-31-40(23,24)12-16)15-38(20,35-17(3)10-32-41(25,26)13-17)36-18(4)11-33-42(27,28)14-18/h5-15H2,1-4H3. The Labute approximate surface area is 245 Å². The maximum atomic E-state index is 14.3. The summed E-state index contributed by atoms with van der Waals surface area (Å²) in [5.41, 5.74) is -5.55. The van der Waals surface area contributed by atoms with Gasteiger partial charge in [0.2, 0.25) is 0 Å². The SMILES string of the molecule is CCCOS(=O)(=O)CCOP(=O)(CP(=O)(OC1(C)COS(=O)(=O)C1)OC1(C)COS(=O)(=O)C1)OC1(C)COS(=O)(=O)C1. The lowest BCUT2D eigenvalue weighted by Crippen LogP contribution is -2.38. The molecule has 0 aliphatic carbocycles. The first-order valence-corrected chi connectivity index (χ1v) is 22.0. The molecule has 3 rings (SSSR count). The zero-order valence-electron chi connectivity index (χ0n) is 23.2. The van der Waals surface area contributed by atoms with E-state index in [2.05, 4.69) is 4.18 Å². The number of rotatable bonds is 15. The van der Waals surface area contributed by atoms with Crippen molar-refractivity contribution in [2.45, 2.75) is 50.9 Å². The maximum absolute atomic E-state index is 14.3. The number of hydrogen-bond donors (Lipinski definition) is 0. The van der Waals surface area contributed by atoms with Crippen LogP contribution in [0, 0.1) is 0 Å². The van der Waals surface area contributed by atoms with Crippen LogP contribution >= 0.6 is 15.2 Å². The van der Waals surface area contributed by atoms with Gasteiger partial charge in [-0.3, -0.25) is 39.4 Å². The van der Waals surface area contributed by atoms with Crippen molar-refractivity contribution in [2.75, 3.05) is 61.9 Å². The minimum Gasteiger partial charge on any atom is -0.307 e. The molecule has 0 amide bonds. The lowest BCUT2D eigenvalue weighted by atomic mass is 10.2. The van der Waals surface area contributed by atoms with Gasteiger partial charge in [0, 0.05) is 0 Å². The summed E-state index contributed by atoms with van der Waals surface area (Å²) in [6, 6.07) is 0. The predicted octanol–water partition coefficient (Wildman–Crippen LogP) is 0.509. The van der Waals surface area contributed by atoms with E-state index >= 15 is 0 Å². The first-order valence-electron chi connectivity index (χ1n) is 12.3. The van der Waals surface area contributed by atoms with Crippen LogP contribution in [-0.2, 0) is 84.4 Å². The molecule has 3 aliphatic heterocycles. The maximum Gasteiger partial charge on any atom is 0.344 e. The third kappa shape index (κ3) is 10.5. The van der Waals surface area contributed by atoms with Gasteiger partial charge in [-0.15, -0.1) is 0 Å². The average Bonchev–Trinajstić information content (AvgIpc) is 3.32. The molecule has 4 unspecified atom stereocenters. The minimum absolute atomic E-state index is 0.145. The molecule has 3 fully saturated rings. The Morgan fingerprint density at radius 3 is 1.40 bits per heavy atom. The van der Waals surface area contributed by atoms with Gasteiger partial charge in [-0.05, 0) is 27.2 Å². The van der Waals surface area contributed by atoms with Crippen LogP contribution in [0.4, 0.5) is 0 Å². The lowest BCUT2D eigenvalue weighted by molar-refractivity contribution is 0.0164. The molecular formula is C18H34O18P2S4. The minimum atomic E-state index is -4.97. The molecule has 0 aromatic heterocycles. The summed E-state index contributed by atoms with van der Waals surface area (Å²) in [5, 5.41) is 0. The Hall–Kier alpha value is -0.0600. The van der Waals surface area contributed by atoms with Gasteiger partial charge in [-0.1, -0.05) is 6.92 Å². The highest BCUT2D eigenvalue weighted by Crippen LogP contribution is 2.68. The molecule has 0 radical (unpaired) electrons. The van der Waals surface area contributed by atoms with E-state index in [1.54, 1.807) is 6.92 Å². The molecule has 248 valence electrons. The summed E-state index contributed by atoms with van der Waals surface area (Å²) in [4.78, 5) is 0. The topological polar surface area (TPSA) is 245 Å². The summed E-state index contributed by atoms with van der Waals surface area (Å²) in [5.74, 6) is -4.61. The fraction of sp³-hybridized carbons (Fsp3) is 1.00. The lowest BCUT2D eigenvalue weighted by Gasteiger charge is -2.35.